The van der Waals surface area contributed by atoms with Crippen LogP contribution in [0.4, 0.5) is 4.79 Å². The van der Waals surface area contributed by atoms with E-state index in [4.69, 9.17) is 4.74 Å². The van der Waals surface area contributed by atoms with Gasteiger partial charge < -0.3 is 14.5 Å². The summed E-state index contributed by atoms with van der Waals surface area (Å²) in [6.45, 7) is 7.89. The lowest BCUT2D eigenvalue weighted by atomic mass is 9.66. The van der Waals surface area contributed by atoms with E-state index in [2.05, 4.69) is 41.8 Å². The summed E-state index contributed by atoms with van der Waals surface area (Å²) in [5.74, 6) is 0.298. The fourth-order valence-electron chi connectivity index (χ4n) is 8.01. The van der Waals surface area contributed by atoms with E-state index in [9.17, 15) is 13.2 Å². The minimum atomic E-state index is -3.68. The van der Waals surface area contributed by atoms with Crippen molar-refractivity contribution in [2.75, 3.05) is 39.8 Å². The number of sulfonamides is 1. The van der Waals surface area contributed by atoms with E-state index in [0.717, 1.165) is 80.9 Å². The molecule has 0 atom stereocenters. The number of hydrogen-bond acceptors (Lipinski definition) is 5. The fraction of sp³-hybridized carbons (Fsp3) is 0.405. The van der Waals surface area contributed by atoms with Gasteiger partial charge in [-0.05, 0) is 98.5 Å². The number of piperidine rings is 1. The quantitative estimate of drug-likeness (QED) is 0.132. The van der Waals surface area contributed by atoms with Crippen LogP contribution in [0.25, 0.3) is 10.8 Å². The van der Waals surface area contributed by atoms with Gasteiger partial charge in [-0.1, -0.05) is 103 Å². The highest BCUT2D eigenvalue weighted by Gasteiger charge is 2.39. The molecule has 0 unspecified atom stereocenters. The molecule has 4 aromatic rings. The Labute approximate surface area is 298 Å². The molecule has 8 heteroatoms. The van der Waals surface area contributed by atoms with Crippen molar-refractivity contribution < 1.29 is 17.9 Å². The van der Waals surface area contributed by atoms with Gasteiger partial charge in [-0.2, -0.15) is 4.31 Å². The van der Waals surface area contributed by atoms with E-state index in [1.54, 1.807) is 21.3 Å². The van der Waals surface area contributed by atoms with Crippen LogP contribution in [0, 0.1) is 5.92 Å². The van der Waals surface area contributed by atoms with E-state index in [1.807, 2.05) is 73.8 Å². The number of rotatable bonds is 13. The number of nitrogens with zero attached hydrogens (tertiary/aromatic N) is 3. The first kappa shape index (κ1) is 35.8. The van der Waals surface area contributed by atoms with Crippen molar-refractivity contribution in [2.45, 2.75) is 67.9 Å². The highest BCUT2D eigenvalue weighted by molar-refractivity contribution is 7.89. The Hall–Kier alpha value is -3.98. The molecular weight excluding hydrogens is 643 g/mol. The summed E-state index contributed by atoms with van der Waals surface area (Å²) in [7, 11) is -1.81. The molecule has 2 fully saturated rings. The molecule has 0 N–H and O–H groups in total. The van der Waals surface area contributed by atoms with Gasteiger partial charge in [0, 0.05) is 31.6 Å². The van der Waals surface area contributed by atoms with Gasteiger partial charge in [0.15, 0.2) is 0 Å². The van der Waals surface area contributed by atoms with E-state index in [0.29, 0.717) is 23.9 Å². The van der Waals surface area contributed by atoms with Gasteiger partial charge in [-0.25, -0.2) is 13.2 Å². The molecule has 0 spiro atoms. The van der Waals surface area contributed by atoms with Crippen molar-refractivity contribution >= 4 is 26.9 Å². The van der Waals surface area contributed by atoms with Crippen LogP contribution in [0.1, 0.15) is 56.1 Å². The standard InChI is InChI=1S/C42H51N3O4S/c1-3-28-45(50(47,48)40-20-12-16-36-15-10-11-19-39(36)40)32-34-23-29-44(30-24-34)31-27-42(37-17-8-5-9-18-37)25-21-38(22-26-42)43(2)41(46)49-33-35-13-6-4-7-14-35/h3-20,34,38H,1,21-33H2,2H3. The molecular formula is C42H51N3O4S. The summed E-state index contributed by atoms with van der Waals surface area (Å²) < 4.78 is 35.2. The van der Waals surface area contributed by atoms with Gasteiger partial charge in [-0.3, -0.25) is 0 Å². The Balaban J connectivity index is 1.04. The van der Waals surface area contributed by atoms with E-state index in [1.165, 1.54) is 5.56 Å². The molecule has 2 aliphatic rings. The zero-order valence-electron chi connectivity index (χ0n) is 29.3. The van der Waals surface area contributed by atoms with Crippen molar-refractivity contribution in [3.63, 3.8) is 0 Å². The minimum Gasteiger partial charge on any atom is -0.445 e. The second kappa shape index (κ2) is 16.4. The monoisotopic (exact) mass is 693 g/mol. The second-order valence-corrected chi connectivity index (χ2v) is 16.1. The molecule has 1 aliphatic carbocycles. The van der Waals surface area contributed by atoms with Crippen molar-refractivity contribution in [3.05, 3.63) is 127 Å². The van der Waals surface area contributed by atoms with Crippen LogP contribution >= 0.6 is 0 Å². The first-order chi connectivity index (χ1) is 24.3. The highest BCUT2D eigenvalue weighted by atomic mass is 32.2. The number of fused-ring (bicyclic) bond motifs is 1. The van der Waals surface area contributed by atoms with Crippen molar-refractivity contribution in [1.82, 2.24) is 14.1 Å². The smallest absolute Gasteiger partial charge is 0.410 e. The predicted octanol–water partition coefficient (Wildman–Crippen LogP) is 8.27. The number of benzene rings is 4. The van der Waals surface area contributed by atoms with Crippen LogP contribution in [0.2, 0.25) is 0 Å². The summed E-state index contributed by atoms with van der Waals surface area (Å²) in [5.41, 5.74) is 2.45. The van der Waals surface area contributed by atoms with Crippen LogP contribution in [-0.4, -0.2) is 74.4 Å². The third-order valence-corrected chi connectivity index (χ3v) is 13.0. The summed E-state index contributed by atoms with van der Waals surface area (Å²) in [6, 6.07) is 34.1. The largest absolute Gasteiger partial charge is 0.445 e. The first-order valence-electron chi connectivity index (χ1n) is 18.1. The van der Waals surface area contributed by atoms with Crippen LogP contribution in [0.15, 0.2) is 121 Å². The summed E-state index contributed by atoms with van der Waals surface area (Å²) in [4.78, 5) is 17.7. The van der Waals surface area contributed by atoms with E-state index < -0.39 is 10.0 Å². The third-order valence-electron chi connectivity index (χ3n) is 11.1. The lowest BCUT2D eigenvalue weighted by Crippen LogP contribution is -2.45. The molecule has 0 aromatic heterocycles. The number of carbonyl (C=O) groups excluding carboxylic acids is 1. The Bertz CT molecular complexity index is 1810. The maximum Gasteiger partial charge on any atom is 0.410 e. The second-order valence-electron chi connectivity index (χ2n) is 14.2. The van der Waals surface area contributed by atoms with Crippen LogP contribution in [-0.2, 0) is 26.8 Å². The molecule has 1 aliphatic heterocycles. The average Bonchev–Trinajstić information content (AvgIpc) is 3.17. The molecule has 0 radical (unpaired) electrons. The number of ether oxygens (including phenoxy) is 1. The molecule has 1 amide bonds. The molecule has 0 bridgehead atoms. The topological polar surface area (TPSA) is 70.2 Å². The van der Waals surface area contributed by atoms with Crippen LogP contribution in [0.3, 0.4) is 0 Å². The van der Waals surface area contributed by atoms with Gasteiger partial charge >= 0.3 is 6.09 Å². The Morgan fingerprint density at radius 3 is 2.22 bits per heavy atom. The van der Waals surface area contributed by atoms with Crippen molar-refractivity contribution in [2.24, 2.45) is 5.92 Å². The maximum absolute atomic E-state index is 14.0. The SMILES string of the molecule is C=CCN(CC1CCN(CCC2(c3ccccc3)CCC(N(C)C(=O)OCc3ccccc3)CC2)CC1)S(=O)(=O)c1cccc2ccccc12. The van der Waals surface area contributed by atoms with Gasteiger partial charge in [0.25, 0.3) is 0 Å². The van der Waals surface area contributed by atoms with Crippen molar-refractivity contribution in [1.29, 1.82) is 0 Å². The molecule has 7 nitrogen and oxygen atoms in total. The van der Waals surface area contributed by atoms with Gasteiger partial charge in [0.2, 0.25) is 10.0 Å². The first-order valence-corrected chi connectivity index (χ1v) is 19.5. The van der Waals surface area contributed by atoms with E-state index >= 15 is 0 Å². The summed E-state index contributed by atoms with van der Waals surface area (Å²) in [5, 5.41) is 1.69. The molecule has 6 rings (SSSR count). The summed E-state index contributed by atoms with van der Waals surface area (Å²) >= 11 is 0. The Morgan fingerprint density at radius 1 is 0.880 bits per heavy atom. The third kappa shape index (κ3) is 8.31. The fourth-order valence-corrected chi connectivity index (χ4v) is 9.72. The molecule has 1 saturated carbocycles. The van der Waals surface area contributed by atoms with Crippen LogP contribution in [0.5, 0.6) is 0 Å². The minimum absolute atomic E-state index is 0.0662. The normalized spacial score (nSPS) is 20.5. The Kier molecular flexibility index (Phi) is 11.7. The highest BCUT2D eigenvalue weighted by Crippen LogP contribution is 2.44. The number of likely N-dealkylation sites (tertiary alicyclic amines) is 1. The van der Waals surface area contributed by atoms with Gasteiger partial charge in [0.05, 0.1) is 4.90 Å². The number of hydrogen-bond donors (Lipinski definition) is 0. The lowest BCUT2D eigenvalue weighted by molar-refractivity contribution is 0.0726. The maximum atomic E-state index is 14.0. The van der Waals surface area contributed by atoms with Gasteiger partial charge in [0.1, 0.15) is 6.61 Å². The molecule has 1 heterocycles. The zero-order valence-corrected chi connectivity index (χ0v) is 30.1. The molecule has 1 saturated heterocycles. The number of amides is 1. The lowest BCUT2D eigenvalue weighted by Gasteiger charge is -2.44. The molecule has 264 valence electrons. The predicted molar refractivity (Wildman–Crippen MR) is 201 cm³/mol. The summed E-state index contributed by atoms with van der Waals surface area (Å²) in [6.07, 6.45) is 8.37. The average molecular weight is 694 g/mol. The van der Waals surface area contributed by atoms with E-state index in [-0.39, 0.29) is 24.2 Å². The van der Waals surface area contributed by atoms with Crippen molar-refractivity contribution in [3.8, 4) is 0 Å². The Morgan fingerprint density at radius 2 is 1.52 bits per heavy atom. The van der Waals surface area contributed by atoms with Gasteiger partial charge in [-0.15, -0.1) is 6.58 Å². The molecule has 50 heavy (non-hydrogen) atoms. The number of carbonyl (C=O) groups is 1. The zero-order chi connectivity index (χ0) is 35.0. The molecule has 4 aromatic carbocycles. The van der Waals surface area contributed by atoms with Crippen LogP contribution < -0.4 is 0 Å².